The Kier molecular flexibility index (Phi) is 6.93. The first-order chi connectivity index (χ1) is 9.91. The predicted molar refractivity (Wildman–Crippen MR) is 74.8 cm³/mol. The summed E-state index contributed by atoms with van der Waals surface area (Å²) in [6.45, 7) is 1.36. The zero-order valence-corrected chi connectivity index (χ0v) is 12.0. The molecule has 0 aromatic rings. The van der Waals surface area contributed by atoms with Gasteiger partial charge in [0.1, 0.15) is 6.04 Å². The van der Waals surface area contributed by atoms with Gasteiger partial charge >= 0.3 is 18.0 Å². The summed E-state index contributed by atoms with van der Waals surface area (Å²) < 4.78 is 0. The monoisotopic (exact) mass is 301 g/mol. The third-order valence-corrected chi connectivity index (χ3v) is 3.67. The van der Waals surface area contributed by atoms with Crippen LogP contribution in [0.25, 0.3) is 0 Å². The fourth-order valence-electron chi connectivity index (χ4n) is 2.25. The standard InChI is InChI=1S/C13H23N3O5/c14-10(12(19)20)3-1-2-6-15-13(21)16-7-4-9(5-8-16)11(17)18/h9-10H,1-8,14H2,(H,15,21)(H,17,18)(H,19,20)/t10-/m0/s1. The molecule has 1 rings (SSSR count). The molecule has 0 aromatic heterocycles. The highest BCUT2D eigenvalue weighted by Gasteiger charge is 2.26. The van der Waals surface area contributed by atoms with Crippen LogP contribution in [0.2, 0.25) is 0 Å². The lowest BCUT2D eigenvalue weighted by Gasteiger charge is -2.30. The molecule has 21 heavy (non-hydrogen) atoms. The van der Waals surface area contributed by atoms with Gasteiger partial charge < -0.3 is 26.2 Å². The first-order valence-corrected chi connectivity index (χ1v) is 7.15. The molecule has 8 nitrogen and oxygen atoms in total. The van der Waals surface area contributed by atoms with E-state index >= 15 is 0 Å². The SMILES string of the molecule is N[C@@H](CCCCNC(=O)N1CCC(C(=O)O)CC1)C(=O)O. The molecule has 0 aliphatic carbocycles. The van der Waals surface area contributed by atoms with E-state index in [1.54, 1.807) is 4.90 Å². The maximum absolute atomic E-state index is 11.8. The van der Waals surface area contributed by atoms with E-state index < -0.39 is 18.0 Å². The van der Waals surface area contributed by atoms with Crippen LogP contribution in [-0.4, -0.2) is 58.8 Å². The number of aliphatic carboxylic acids is 2. The minimum Gasteiger partial charge on any atom is -0.481 e. The van der Waals surface area contributed by atoms with Crippen LogP contribution in [0.5, 0.6) is 0 Å². The van der Waals surface area contributed by atoms with E-state index in [1.165, 1.54) is 0 Å². The number of carbonyl (C=O) groups excluding carboxylic acids is 1. The highest BCUT2D eigenvalue weighted by Crippen LogP contribution is 2.17. The Morgan fingerprint density at radius 1 is 1.19 bits per heavy atom. The van der Waals surface area contributed by atoms with Crippen molar-refractivity contribution in [2.24, 2.45) is 11.7 Å². The molecule has 1 heterocycles. The average Bonchev–Trinajstić information content (AvgIpc) is 2.46. The van der Waals surface area contributed by atoms with Crippen LogP contribution in [0.3, 0.4) is 0 Å². The average molecular weight is 301 g/mol. The minimum atomic E-state index is -1.01. The molecule has 0 saturated carbocycles. The molecule has 1 saturated heterocycles. The first-order valence-electron chi connectivity index (χ1n) is 7.15. The number of hydrogen-bond acceptors (Lipinski definition) is 4. The van der Waals surface area contributed by atoms with Gasteiger partial charge in [-0.1, -0.05) is 0 Å². The number of likely N-dealkylation sites (tertiary alicyclic amines) is 1. The molecular formula is C13H23N3O5. The number of hydrogen-bond donors (Lipinski definition) is 4. The van der Waals surface area contributed by atoms with E-state index in [2.05, 4.69) is 5.32 Å². The van der Waals surface area contributed by atoms with Gasteiger partial charge in [0.25, 0.3) is 0 Å². The summed E-state index contributed by atoms with van der Waals surface area (Å²) in [6, 6.07) is -1.04. The van der Waals surface area contributed by atoms with Crippen molar-refractivity contribution in [2.45, 2.75) is 38.1 Å². The number of rotatable bonds is 7. The van der Waals surface area contributed by atoms with E-state index in [0.717, 1.165) is 0 Å². The third-order valence-electron chi connectivity index (χ3n) is 3.67. The molecule has 2 amide bonds. The van der Waals surface area contributed by atoms with Crippen molar-refractivity contribution >= 4 is 18.0 Å². The van der Waals surface area contributed by atoms with Crippen molar-refractivity contribution in [1.82, 2.24) is 10.2 Å². The van der Waals surface area contributed by atoms with Crippen molar-refractivity contribution in [3.05, 3.63) is 0 Å². The van der Waals surface area contributed by atoms with Gasteiger partial charge in [-0.05, 0) is 32.1 Å². The van der Waals surface area contributed by atoms with Crippen LogP contribution in [-0.2, 0) is 9.59 Å². The van der Waals surface area contributed by atoms with Crippen molar-refractivity contribution < 1.29 is 24.6 Å². The Hall–Kier alpha value is -1.83. The molecule has 120 valence electrons. The number of carbonyl (C=O) groups is 3. The second kappa shape index (κ2) is 8.46. The maximum atomic E-state index is 11.8. The van der Waals surface area contributed by atoms with E-state index in [4.69, 9.17) is 15.9 Å². The number of carboxylic acid groups (broad SMARTS) is 2. The Morgan fingerprint density at radius 2 is 1.81 bits per heavy atom. The number of piperidine rings is 1. The maximum Gasteiger partial charge on any atom is 0.320 e. The first kappa shape index (κ1) is 17.2. The van der Waals surface area contributed by atoms with Crippen molar-refractivity contribution in [3.8, 4) is 0 Å². The van der Waals surface area contributed by atoms with Crippen molar-refractivity contribution in [2.75, 3.05) is 19.6 Å². The van der Waals surface area contributed by atoms with Crippen LogP contribution in [0, 0.1) is 5.92 Å². The van der Waals surface area contributed by atoms with Crippen molar-refractivity contribution in [3.63, 3.8) is 0 Å². The fraction of sp³-hybridized carbons (Fsp3) is 0.769. The molecule has 1 fully saturated rings. The van der Waals surface area contributed by atoms with Crippen LogP contribution in [0.15, 0.2) is 0 Å². The molecule has 5 N–H and O–H groups in total. The highest BCUT2D eigenvalue weighted by molar-refractivity contribution is 5.75. The Morgan fingerprint density at radius 3 is 2.33 bits per heavy atom. The summed E-state index contributed by atoms with van der Waals surface area (Å²) in [5, 5.41) is 20.2. The zero-order valence-electron chi connectivity index (χ0n) is 12.0. The lowest BCUT2D eigenvalue weighted by Crippen LogP contribution is -2.45. The van der Waals surface area contributed by atoms with Crippen molar-refractivity contribution in [1.29, 1.82) is 0 Å². The predicted octanol–water partition coefficient (Wildman–Crippen LogP) is 0.0748. The summed E-state index contributed by atoms with van der Waals surface area (Å²) in [5.41, 5.74) is 5.37. The molecule has 0 bridgehead atoms. The Balaban J connectivity index is 2.12. The summed E-state index contributed by atoms with van der Waals surface area (Å²) in [4.78, 5) is 34.8. The Bertz CT molecular complexity index is 380. The normalized spacial score (nSPS) is 17.3. The van der Waals surface area contributed by atoms with E-state index in [0.29, 0.717) is 51.7 Å². The van der Waals surface area contributed by atoms with Gasteiger partial charge in [-0.3, -0.25) is 9.59 Å². The lowest BCUT2D eigenvalue weighted by atomic mass is 9.97. The number of amides is 2. The molecule has 8 heteroatoms. The molecule has 0 radical (unpaired) electrons. The number of nitrogens with zero attached hydrogens (tertiary/aromatic N) is 1. The van der Waals surface area contributed by atoms with E-state index in [-0.39, 0.29) is 11.9 Å². The summed E-state index contributed by atoms with van der Waals surface area (Å²) in [6.07, 6.45) is 2.65. The van der Waals surface area contributed by atoms with Gasteiger partial charge in [0, 0.05) is 19.6 Å². The third kappa shape index (κ3) is 5.99. The minimum absolute atomic E-state index is 0.193. The molecule has 0 aromatic carbocycles. The van der Waals surface area contributed by atoms with E-state index in [9.17, 15) is 14.4 Å². The van der Waals surface area contributed by atoms with Crippen LogP contribution in [0.1, 0.15) is 32.1 Å². The van der Waals surface area contributed by atoms with Gasteiger partial charge in [0.15, 0.2) is 0 Å². The highest BCUT2D eigenvalue weighted by atomic mass is 16.4. The number of nitrogens with two attached hydrogens (primary N) is 1. The number of unbranched alkanes of at least 4 members (excludes halogenated alkanes) is 1. The van der Waals surface area contributed by atoms with Crippen LogP contribution in [0.4, 0.5) is 4.79 Å². The van der Waals surface area contributed by atoms with Gasteiger partial charge in [-0.25, -0.2) is 4.79 Å². The molecular weight excluding hydrogens is 278 g/mol. The van der Waals surface area contributed by atoms with Gasteiger partial charge in [-0.2, -0.15) is 0 Å². The van der Waals surface area contributed by atoms with Crippen LogP contribution < -0.4 is 11.1 Å². The smallest absolute Gasteiger partial charge is 0.320 e. The van der Waals surface area contributed by atoms with Gasteiger partial charge in [0.05, 0.1) is 5.92 Å². The second-order valence-corrected chi connectivity index (χ2v) is 5.27. The number of carboxylic acids is 2. The topological polar surface area (TPSA) is 133 Å². The molecule has 1 aliphatic heterocycles. The fourth-order valence-corrected chi connectivity index (χ4v) is 2.25. The Labute approximate surface area is 123 Å². The summed E-state index contributed by atoms with van der Waals surface area (Å²) >= 11 is 0. The lowest BCUT2D eigenvalue weighted by molar-refractivity contribution is -0.143. The largest absolute Gasteiger partial charge is 0.481 e. The summed E-state index contributed by atoms with van der Waals surface area (Å²) in [5.74, 6) is -2.17. The quantitative estimate of drug-likeness (QED) is 0.492. The molecule has 1 aliphatic rings. The molecule has 1 atom stereocenters. The zero-order chi connectivity index (χ0) is 15.8. The van der Waals surface area contributed by atoms with Gasteiger partial charge in [0.2, 0.25) is 0 Å². The number of nitrogens with one attached hydrogen (secondary N) is 1. The van der Waals surface area contributed by atoms with Gasteiger partial charge in [-0.15, -0.1) is 0 Å². The molecule has 0 unspecified atom stereocenters. The molecule has 0 spiro atoms. The second-order valence-electron chi connectivity index (χ2n) is 5.27. The van der Waals surface area contributed by atoms with Crippen LogP contribution >= 0.6 is 0 Å². The van der Waals surface area contributed by atoms with E-state index in [1.807, 2.05) is 0 Å². The summed E-state index contributed by atoms with van der Waals surface area (Å²) in [7, 11) is 0. The number of urea groups is 1.